The highest BCUT2D eigenvalue weighted by atomic mass is 31.2. The van der Waals surface area contributed by atoms with Crippen molar-refractivity contribution in [1.82, 2.24) is 0 Å². The molecular weight excluding hydrogens is 978 g/mol. The van der Waals surface area contributed by atoms with Gasteiger partial charge in [-0.25, -0.2) is 4.57 Å². The number of likely N-dealkylation sites (N-methyl/N-ethyl adjacent to an activating group) is 1. The van der Waals surface area contributed by atoms with E-state index < -0.39 is 26.5 Å². The number of allylic oxidation sites excluding steroid dienone is 12. The first-order valence-corrected chi connectivity index (χ1v) is 33.7. The fourth-order valence-corrected chi connectivity index (χ4v) is 9.82. The van der Waals surface area contributed by atoms with Gasteiger partial charge in [-0.1, -0.05) is 286 Å². The number of hydrogen-bond acceptors (Lipinski definition) is 7. The van der Waals surface area contributed by atoms with Crippen LogP contribution in [0.1, 0.15) is 290 Å². The first-order chi connectivity index (χ1) is 37.5. The highest BCUT2D eigenvalue weighted by molar-refractivity contribution is 7.47. The fourth-order valence-electron chi connectivity index (χ4n) is 9.08. The second kappa shape index (κ2) is 58.1. The van der Waals surface area contributed by atoms with Gasteiger partial charge in [-0.15, -0.1) is 0 Å². The summed E-state index contributed by atoms with van der Waals surface area (Å²) in [6.45, 7) is 4.34. The molecule has 2 atom stereocenters. The molecule has 0 amide bonds. The number of phosphoric acid groups is 1. The summed E-state index contributed by atoms with van der Waals surface area (Å²) < 4.78 is 34.5. The molecule has 0 saturated heterocycles. The predicted molar refractivity (Wildman–Crippen MR) is 330 cm³/mol. The van der Waals surface area contributed by atoms with E-state index in [0.717, 1.165) is 70.6 Å². The molecule has 0 spiro atoms. The summed E-state index contributed by atoms with van der Waals surface area (Å²) >= 11 is 0. The number of carbonyl (C=O) groups excluding carboxylic acids is 2. The maximum absolute atomic E-state index is 12.8. The summed E-state index contributed by atoms with van der Waals surface area (Å²) in [5.41, 5.74) is 0. The van der Waals surface area contributed by atoms with E-state index in [1.165, 1.54) is 186 Å². The summed E-state index contributed by atoms with van der Waals surface area (Å²) in [5, 5.41) is 0. The van der Waals surface area contributed by atoms with E-state index >= 15 is 0 Å². The molecule has 0 fully saturated rings. The molecule has 0 aliphatic heterocycles. The lowest BCUT2D eigenvalue weighted by molar-refractivity contribution is -0.870. The van der Waals surface area contributed by atoms with E-state index in [-0.39, 0.29) is 25.6 Å². The zero-order valence-electron chi connectivity index (χ0n) is 50.9. The summed E-state index contributed by atoms with van der Waals surface area (Å²) in [5.74, 6) is -0.785. The Labute approximate surface area is 476 Å². The molecular formula is C67H123NO8P+. The number of quaternary nitrogens is 1. The third kappa shape index (κ3) is 62.5. The van der Waals surface area contributed by atoms with Crippen molar-refractivity contribution < 1.29 is 42.1 Å². The molecule has 10 heteroatoms. The van der Waals surface area contributed by atoms with Gasteiger partial charge in [-0.2, -0.15) is 0 Å². The number of rotatable bonds is 59. The average molecular weight is 1100 g/mol. The minimum atomic E-state index is -4.38. The number of phosphoric ester groups is 1. The molecule has 0 rings (SSSR count). The van der Waals surface area contributed by atoms with Gasteiger partial charge >= 0.3 is 19.8 Å². The lowest BCUT2D eigenvalue weighted by Gasteiger charge is -2.24. The lowest BCUT2D eigenvalue weighted by atomic mass is 10.0. The second-order valence-corrected chi connectivity index (χ2v) is 24.2. The summed E-state index contributed by atoms with van der Waals surface area (Å²) in [6.07, 6.45) is 77.3. The fraction of sp³-hybridized carbons (Fsp3) is 0.791. The molecule has 9 nitrogen and oxygen atoms in total. The standard InChI is InChI=1S/C67H122NO8P/c1-6-8-10-12-14-16-18-20-21-22-23-24-25-26-27-28-29-30-31-32-33-34-35-36-37-38-39-40-41-42-43-44-45-46-47-48-50-52-54-56-58-60-67(70)76-65(64-75-77(71,72)74-62-61-68(3,4)5)63-73-66(69)59-57-55-53-51-49-19-17-15-13-11-9-7-2/h8,10,14,16,20-21,23-24,26-27,29-30,65H,6-7,9,11-13,15,17-19,22,25,28,31-64H2,1-5H3/p+1/b10-8-,16-14-,21-20-,24-23-,27-26-,30-29-. The third-order valence-corrected chi connectivity index (χ3v) is 15.0. The number of hydrogen-bond donors (Lipinski definition) is 1. The van der Waals surface area contributed by atoms with E-state index in [9.17, 15) is 19.0 Å². The zero-order valence-corrected chi connectivity index (χ0v) is 51.8. The summed E-state index contributed by atoms with van der Waals surface area (Å²) in [7, 11) is 1.49. The maximum atomic E-state index is 12.8. The van der Waals surface area contributed by atoms with Crippen molar-refractivity contribution >= 4 is 19.8 Å². The number of nitrogens with zero attached hydrogens (tertiary/aromatic N) is 1. The highest BCUT2D eigenvalue weighted by Crippen LogP contribution is 2.43. The normalized spacial score (nSPS) is 13.7. The third-order valence-electron chi connectivity index (χ3n) is 14.0. The van der Waals surface area contributed by atoms with Crippen LogP contribution in [0.4, 0.5) is 0 Å². The topological polar surface area (TPSA) is 108 Å². The molecule has 0 heterocycles. The Hall–Kier alpha value is -2.55. The Kier molecular flexibility index (Phi) is 56.2. The first kappa shape index (κ1) is 74.5. The molecule has 0 aliphatic carbocycles. The monoisotopic (exact) mass is 1100 g/mol. The second-order valence-electron chi connectivity index (χ2n) is 22.8. The van der Waals surface area contributed by atoms with Crippen molar-refractivity contribution in [3.63, 3.8) is 0 Å². The van der Waals surface area contributed by atoms with Crippen LogP contribution in [-0.4, -0.2) is 74.9 Å². The van der Waals surface area contributed by atoms with E-state index in [4.69, 9.17) is 18.5 Å². The van der Waals surface area contributed by atoms with E-state index in [0.29, 0.717) is 23.9 Å². The van der Waals surface area contributed by atoms with Gasteiger partial charge in [-0.3, -0.25) is 18.6 Å². The number of ether oxygens (including phenoxy) is 2. The predicted octanol–water partition coefficient (Wildman–Crippen LogP) is 20.4. The van der Waals surface area contributed by atoms with Gasteiger partial charge < -0.3 is 18.9 Å². The smallest absolute Gasteiger partial charge is 0.462 e. The molecule has 0 bridgehead atoms. The largest absolute Gasteiger partial charge is 0.472 e. The Morgan fingerprint density at radius 2 is 0.740 bits per heavy atom. The van der Waals surface area contributed by atoms with Gasteiger partial charge in [-0.05, 0) is 64.2 Å². The van der Waals surface area contributed by atoms with Crippen LogP contribution in [0.3, 0.4) is 0 Å². The van der Waals surface area contributed by atoms with Crippen LogP contribution in [0.5, 0.6) is 0 Å². The van der Waals surface area contributed by atoms with Gasteiger partial charge in [0.05, 0.1) is 27.7 Å². The molecule has 1 N–H and O–H groups in total. The summed E-state index contributed by atoms with van der Waals surface area (Å²) in [6, 6.07) is 0. The number of unbranched alkanes of at least 4 members (excludes halogenated alkanes) is 33. The molecule has 0 aromatic carbocycles. The highest BCUT2D eigenvalue weighted by Gasteiger charge is 2.27. The van der Waals surface area contributed by atoms with Crippen LogP contribution < -0.4 is 0 Å². The SMILES string of the molecule is CC/C=C\C/C=C\C/C=C\C/C=C\C/C=C\C/C=C\CCCCCCCCCCCCCCCCCCCCCCCCC(=O)OC(COC(=O)CCCCCCCCCCCCCC)COP(=O)(O)OCC[N+](C)(C)C. The van der Waals surface area contributed by atoms with Crippen molar-refractivity contribution in [3.8, 4) is 0 Å². The average Bonchev–Trinajstić information content (AvgIpc) is 3.39. The van der Waals surface area contributed by atoms with E-state index in [2.05, 4.69) is 86.8 Å². The van der Waals surface area contributed by atoms with Crippen LogP contribution in [-0.2, 0) is 32.7 Å². The van der Waals surface area contributed by atoms with Gasteiger partial charge in [0.2, 0.25) is 0 Å². The van der Waals surface area contributed by atoms with Crippen molar-refractivity contribution in [2.75, 3.05) is 47.5 Å². The van der Waals surface area contributed by atoms with Crippen LogP contribution >= 0.6 is 7.82 Å². The van der Waals surface area contributed by atoms with Gasteiger partial charge in [0.25, 0.3) is 0 Å². The Morgan fingerprint density at radius 3 is 1.10 bits per heavy atom. The Bertz CT molecular complexity index is 1530. The molecule has 448 valence electrons. The lowest BCUT2D eigenvalue weighted by Crippen LogP contribution is -2.37. The molecule has 0 aliphatic rings. The van der Waals surface area contributed by atoms with Crippen LogP contribution in [0.25, 0.3) is 0 Å². The maximum Gasteiger partial charge on any atom is 0.472 e. The van der Waals surface area contributed by atoms with Gasteiger partial charge in [0, 0.05) is 12.8 Å². The van der Waals surface area contributed by atoms with Crippen molar-refractivity contribution in [1.29, 1.82) is 0 Å². The molecule has 0 saturated carbocycles. The molecule has 2 unspecified atom stereocenters. The van der Waals surface area contributed by atoms with Gasteiger partial charge in [0.1, 0.15) is 19.8 Å². The molecule has 0 radical (unpaired) electrons. The zero-order chi connectivity index (χ0) is 56.3. The molecule has 0 aromatic heterocycles. The quantitative estimate of drug-likeness (QED) is 0.0211. The van der Waals surface area contributed by atoms with Crippen molar-refractivity contribution in [2.24, 2.45) is 0 Å². The Balaban J connectivity index is 3.87. The first-order valence-electron chi connectivity index (χ1n) is 32.2. The number of carbonyl (C=O) groups is 2. The number of esters is 2. The minimum absolute atomic E-state index is 0.0335. The van der Waals surface area contributed by atoms with Crippen LogP contribution in [0, 0.1) is 0 Å². The van der Waals surface area contributed by atoms with Crippen molar-refractivity contribution in [3.05, 3.63) is 72.9 Å². The van der Waals surface area contributed by atoms with E-state index in [1.807, 2.05) is 21.1 Å². The van der Waals surface area contributed by atoms with Crippen LogP contribution in [0.2, 0.25) is 0 Å². The molecule has 0 aromatic rings. The summed E-state index contributed by atoms with van der Waals surface area (Å²) in [4.78, 5) is 35.6. The minimum Gasteiger partial charge on any atom is -0.462 e. The molecule has 77 heavy (non-hydrogen) atoms. The van der Waals surface area contributed by atoms with Crippen LogP contribution in [0.15, 0.2) is 72.9 Å². The van der Waals surface area contributed by atoms with Crippen molar-refractivity contribution in [2.45, 2.75) is 296 Å². The van der Waals surface area contributed by atoms with Gasteiger partial charge in [0.15, 0.2) is 6.10 Å². The van der Waals surface area contributed by atoms with E-state index in [1.54, 1.807) is 0 Å². The Morgan fingerprint density at radius 1 is 0.416 bits per heavy atom.